The molecular weight excluding hydrogens is 116 g/mol. The minimum absolute atomic E-state index is 0.0647. The van der Waals surface area contributed by atoms with E-state index in [0.29, 0.717) is 6.42 Å². The van der Waals surface area contributed by atoms with Crippen LogP contribution >= 0.6 is 0 Å². The van der Waals surface area contributed by atoms with E-state index in [9.17, 15) is 0 Å². The zero-order valence-electron chi connectivity index (χ0n) is 4.96. The van der Waals surface area contributed by atoms with Gasteiger partial charge in [0, 0.05) is 11.8 Å². The minimum atomic E-state index is 0.0647. The highest BCUT2D eigenvalue weighted by atomic mass is 16.3. The molecule has 0 aromatic carbocycles. The zero-order valence-corrected chi connectivity index (χ0v) is 4.96. The van der Waals surface area contributed by atoms with Gasteiger partial charge in [0.2, 0.25) is 5.88 Å². The van der Waals surface area contributed by atoms with Gasteiger partial charge in [0.25, 0.3) is 0 Å². The van der Waals surface area contributed by atoms with E-state index in [0.717, 1.165) is 5.56 Å². The molecule has 2 N–H and O–H groups in total. The van der Waals surface area contributed by atoms with Gasteiger partial charge in [-0.3, -0.25) is 5.10 Å². The smallest absolute Gasteiger partial charge is 0.233 e. The van der Waals surface area contributed by atoms with Crippen molar-refractivity contribution in [2.45, 2.75) is 6.42 Å². The van der Waals surface area contributed by atoms with Gasteiger partial charge in [-0.15, -0.1) is 11.7 Å². The second-order valence-corrected chi connectivity index (χ2v) is 1.73. The van der Waals surface area contributed by atoms with Crippen molar-refractivity contribution in [2.24, 2.45) is 0 Å². The van der Waals surface area contributed by atoms with Crippen LogP contribution in [-0.4, -0.2) is 15.3 Å². The van der Waals surface area contributed by atoms with Crippen LogP contribution in [0, 0.1) is 0 Å². The van der Waals surface area contributed by atoms with Gasteiger partial charge in [-0.05, 0) is 6.42 Å². The third-order valence-corrected chi connectivity index (χ3v) is 1.06. The van der Waals surface area contributed by atoms with E-state index in [1.54, 1.807) is 12.3 Å². The average Bonchev–Trinajstić information content (AvgIpc) is 2.18. The number of hydrogen-bond acceptors (Lipinski definition) is 2. The van der Waals surface area contributed by atoms with Crippen molar-refractivity contribution in [2.75, 3.05) is 0 Å². The summed E-state index contributed by atoms with van der Waals surface area (Å²) in [6.45, 7) is 3.52. The fraction of sp³-hybridized carbons (Fsp3) is 0.167. The zero-order chi connectivity index (χ0) is 6.69. The van der Waals surface area contributed by atoms with Crippen LogP contribution in [0.2, 0.25) is 0 Å². The highest BCUT2D eigenvalue weighted by molar-refractivity contribution is 5.22. The van der Waals surface area contributed by atoms with Crippen molar-refractivity contribution >= 4 is 0 Å². The summed E-state index contributed by atoms with van der Waals surface area (Å²) < 4.78 is 0. The number of aromatic hydroxyl groups is 1. The van der Waals surface area contributed by atoms with Crippen molar-refractivity contribution in [1.29, 1.82) is 0 Å². The van der Waals surface area contributed by atoms with E-state index >= 15 is 0 Å². The first-order valence-electron chi connectivity index (χ1n) is 2.67. The molecule has 9 heavy (non-hydrogen) atoms. The Labute approximate surface area is 53.0 Å². The van der Waals surface area contributed by atoms with Gasteiger partial charge in [0.15, 0.2) is 0 Å². The Morgan fingerprint density at radius 1 is 1.89 bits per heavy atom. The number of hydrogen-bond donors (Lipinski definition) is 2. The molecule has 48 valence electrons. The van der Waals surface area contributed by atoms with Crippen LogP contribution in [-0.2, 0) is 6.42 Å². The van der Waals surface area contributed by atoms with Crippen LogP contribution in [0.1, 0.15) is 5.56 Å². The van der Waals surface area contributed by atoms with Crippen LogP contribution in [0.25, 0.3) is 0 Å². The normalized spacial score (nSPS) is 9.33. The number of nitrogens with one attached hydrogen (secondary N) is 1. The molecule has 1 rings (SSSR count). The summed E-state index contributed by atoms with van der Waals surface area (Å²) in [6.07, 6.45) is 4.02. The molecule has 0 aliphatic carbocycles. The van der Waals surface area contributed by atoms with Crippen LogP contribution < -0.4 is 0 Å². The monoisotopic (exact) mass is 124 g/mol. The summed E-state index contributed by atoms with van der Waals surface area (Å²) in [5, 5.41) is 14.9. The Morgan fingerprint density at radius 2 is 2.67 bits per heavy atom. The number of aromatic amines is 1. The van der Waals surface area contributed by atoms with Gasteiger partial charge in [0.05, 0.1) is 0 Å². The van der Waals surface area contributed by atoms with Gasteiger partial charge in [0.1, 0.15) is 0 Å². The van der Waals surface area contributed by atoms with Gasteiger partial charge in [-0.2, -0.15) is 0 Å². The molecule has 0 unspecified atom stereocenters. The topological polar surface area (TPSA) is 48.9 Å². The molecule has 0 bridgehead atoms. The fourth-order valence-corrected chi connectivity index (χ4v) is 0.613. The Kier molecular flexibility index (Phi) is 1.53. The largest absolute Gasteiger partial charge is 0.492 e. The maximum atomic E-state index is 8.89. The summed E-state index contributed by atoms with van der Waals surface area (Å²) in [4.78, 5) is 0. The van der Waals surface area contributed by atoms with Crippen molar-refractivity contribution in [3.63, 3.8) is 0 Å². The Morgan fingerprint density at radius 3 is 3.11 bits per heavy atom. The molecule has 3 nitrogen and oxygen atoms in total. The first-order valence-corrected chi connectivity index (χ1v) is 2.67. The summed E-state index contributed by atoms with van der Waals surface area (Å²) >= 11 is 0. The highest BCUT2D eigenvalue weighted by Gasteiger charge is 1.98. The molecule has 0 aliphatic rings. The van der Waals surface area contributed by atoms with Gasteiger partial charge < -0.3 is 5.11 Å². The second-order valence-electron chi connectivity index (χ2n) is 1.73. The average molecular weight is 124 g/mol. The summed E-state index contributed by atoms with van der Waals surface area (Å²) in [6, 6.07) is 0. The predicted octanol–water partition coefficient (Wildman–Crippen LogP) is 0.844. The molecular formula is C6H8N2O. The second kappa shape index (κ2) is 2.35. The van der Waals surface area contributed by atoms with Crippen molar-refractivity contribution < 1.29 is 5.11 Å². The third-order valence-electron chi connectivity index (χ3n) is 1.06. The van der Waals surface area contributed by atoms with Crippen LogP contribution in [0.3, 0.4) is 0 Å². The molecule has 1 aromatic rings. The fourth-order valence-electron chi connectivity index (χ4n) is 0.613. The van der Waals surface area contributed by atoms with Crippen LogP contribution in [0.5, 0.6) is 5.88 Å². The molecule has 1 heterocycles. The molecule has 0 saturated heterocycles. The van der Waals surface area contributed by atoms with Crippen LogP contribution in [0.15, 0.2) is 18.9 Å². The van der Waals surface area contributed by atoms with E-state index in [1.807, 2.05) is 0 Å². The lowest BCUT2D eigenvalue weighted by molar-refractivity contribution is 0.447. The molecule has 0 fully saturated rings. The molecule has 3 heteroatoms. The lowest BCUT2D eigenvalue weighted by Crippen LogP contribution is -1.74. The van der Waals surface area contributed by atoms with E-state index in [2.05, 4.69) is 16.8 Å². The van der Waals surface area contributed by atoms with E-state index in [4.69, 9.17) is 5.11 Å². The minimum Gasteiger partial charge on any atom is -0.492 e. The summed E-state index contributed by atoms with van der Waals surface area (Å²) in [5.74, 6) is 0.0647. The lowest BCUT2D eigenvalue weighted by Gasteiger charge is -1.85. The van der Waals surface area contributed by atoms with Gasteiger partial charge in [-0.25, -0.2) is 0 Å². The predicted molar refractivity (Wildman–Crippen MR) is 34.2 cm³/mol. The number of H-pyrrole nitrogens is 1. The summed E-state index contributed by atoms with van der Waals surface area (Å²) in [5.41, 5.74) is 0.782. The van der Waals surface area contributed by atoms with E-state index in [1.165, 1.54) is 0 Å². The number of rotatable bonds is 2. The van der Waals surface area contributed by atoms with Gasteiger partial charge in [-0.1, -0.05) is 6.08 Å². The molecule has 0 aliphatic heterocycles. The number of allylic oxidation sites excluding steroid dienone is 1. The van der Waals surface area contributed by atoms with Gasteiger partial charge >= 0.3 is 0 Å². The lowest BCUT2D eigenvalue weighted by atomic mass is 10.2. The van der Waals surface area contributed by atoms with E-state index < -0.39 is 0 Å². The Hall–Kier alpha value is -1.25. The van der Waals surface area contributed by atoms with Crippen molar-refractivity contribution in [3.05, 3.63) is 24.4 Å². The molecule has 0 atom stereocenters. The highest BCUT2D eigenvalue weighted by Crippen LogP contribution is 2.11. The molecule has 0 amide bonds. The Bertz CT molecular complexity index is 205. The summed E-state index contributed by atoms with van der Waals surface area (Å²) in [7, 11) is 0. The maximum absolute atomic E-state index is 8.89. The molecule has 0 saturated carbocycles. The van der Waals surface area contributed by atoms with Crippen molar-refractivity contribution in [1.82, 2.24) is 10.2 Å². The van der Waals surface area contributed by atoms with E-state index in [-0.39, 0.29) is 5.88 Å². The maximum Gasteiger partial charge on any atom is 0.233 e. The quantitative estimate of drug-likeness (QED) is 0.574. The SMILES string of the molecule is C=CCc1c[nH]nc1O. The van der Waals surface area contributed by atoms with Crippen molar-refractivity contribution in [3.8, 4) is 5.88 Å². The number of nitrogens with zero attached hydrogens (tertiary/aromatic N) is 1. The third kappa shape index (κ3) is 1.10. The first-order chi connectivity index (χ1) is 4.34. The Balaban J connectivity index is 2.80. The molecule has 0 spiro atoms. The molecule has 0 radical (unpaired) electrons. The molecule has 1 aromatic heterocycles. The van der Waals surface area contributed by atoms with Crippen LogP contribution in [0.4, 0.5) is 0 Å². The standard InChI is InChI=1S/C6H8N2O/c1-2-3-5-4-7-8-6(5)9/h2,4H,1,3H2,(H2,7,8,9). The number of aromatic nitrogens is 2. The first kappa shape index (κ1) is 5.88.